The lowest BCUT2D eigenvalue weighted by Crippen LogP contribution is -2.07. The molecule has 0 aliphatic carbocycles. The topological polar surface area (TPSA) is 59.3 Å². The van der Waals surface area contributed by atoms with Gasteiger partial charge in [0.05, 0.1) is 5.56 Å². The van der Waals surface area contributed by atoms with Gasteiger partial charge in [0.1, 0.15) is 12.4 Å². The lowest BCUT2D eigenvalue weighted by Gasteiger charge is -2.08. The number of rotatable bonds is 4. The Morgan fingerprint density at radius 3 is 2.60 bits per heavy atom. The van der Waals surface area contributed by atoms with Crippen molar-refractivity contribution < 1.29 is 14.3 Å². The van der Waals surface area contributed by atoms with Gasteiger partial charge in [-0.25, -0.2) is 4.79 Å². The van der Waals surface area contributed by atoms with Crippen molar-refractivity contribution in [1.29, 1.82) is 5.26 Å². The van der Waals surface area contributed by atoms with E-state index in [0.29, 0.717) is 16.9 Å². The van der Waals surface area contributed by atoms with Crippen LogP contribution in [0.3, 0.4) is 0 Å². The summed E-state index contributed by atoms with van der Waals surface area (Å²) in [4.78, 5) is 12.0. The van der Waals surface area contributed by atoms with Gasteiger partial charge < -0.3 is 9.47 Å². The lowest BCUT2D eigenvalue weighted by atomic mass is 10.1. The van der Waals surface area contributed by atoms with Crippen LogP contribution >= 0.6 is 0 Å². The monoisotopic (exact) mass is 267 g/mol. The second kappa shape index (κ2) is 6.39. The normalized spacial score (nSPS) is 9.60. The van der Waals surface area contributed by atoms with Gasteiger partial charge in [0, 0.05) is 0 Å². The molecule has 2 aromatic carbocycles. The van der Waals surface area contributed by atoms with Gasteiger partial charge in [-0.3, -0.25) is 0 Å². The second-order valence-corrected chi connectivity index (χ2v) is 4.23. The van der Waals surface area contributed by atoms with E-state index in [2.05, 4.69) is 0 Å². The highest BCUT2D eigenvalue weighted by Crippen LogP contribution is 2.18. The molecule has 0 heterocycles. The zero-order valence-corrected chi connectivity index (χ0v) is 11.0. The summed E-state index contributed by atoms with van der Waals surface area (Å²) in [6.45, 7) is 2.00. The summed E-state index contributed by atoms with van der Waals surface area (Å²) in [6.07, 6.45) is 1.59. The average Bonchev–Trinajstić information content (AvgIpc) is 2.46. The van der Waals surface area contributed by atoms with Crippen molar-refractivity contribution in [3.63, 3.8) is 0 Å². The molecule has 0 unspecified atom stereocenters. The van der Waals surface area contributed by atoms with Gasteiger partial charge >= 0.3 is 5.97 Å². The summed E-state index contributed by atoms with van der Waals surface area (Å²) >= 11 is 0. The zero-order valence-electron chi connectivity index (χ0n) is 11.0. The molecule has 4 heteroatoms. The molecular weight excluding hydrogens is 254 g/mol. The van der Waals surface area contributed by atoms with Crippen molar-refractivity contribution in [2.45, 2.75) is 13.5 Å². The molecule has 0 bridgehead atoms. The number of ether oxygens (including phenoxy) is 2. The Bertz CT molecular complexity index is 645. The van der Waals surface area contributed by atoms with Crippen molar-refractivity contribution >= 4 is 5.97 Å². The number of hydrogen-bond acceptors (Lipinski definition) is 4. The van der Waals surface area contributed by atoms with Crippen LogP contribution in [0, 0.1) is 18.4 Å². The molecule has 20 heavy (non-hydrogen) atoms. The number of esters is 1. The van der Waals surface area contributed by atoms with Crippen molar-refractivity contribution in [2.75, 3.05) is 0 Å². The number of benzene rings is 2. The first-order chi connectivity index (χ1) is 9.70. The zero-order chi connectivity index (χ0) is 14.4. The van der Waals surface area contributed by atoms with Crippen LogP contribution in [0.25, 0.3) is 0 Å². The maximum absolute atomic E-state index is 12.0. The molecule has 0 saturated carbocycles. The fourth-order valence-corrected chi connectivity index (χ4v) is 1.78. The molecule has 4 nitrogen and oxygen atoms in total. The van der Waals surface area contributed by atoms with Gasteiger partial charge in [-0.05, 0) is 36.2 Å². The van der Waals surface area contributed by atoms with E-state index in [1.54, 1.807) is 31.4 Å². The predicted molar refractivity (Wildman–Crippen MR) is 73.0 cm³/mol. The fourth-order valence-electron chi connectivity index (χ4n) is 1.78. The minimum atomic E-state index is -0.394. The van der Waals surface area contributed by atoms with E-state index < -0.39 is 5.97 Å². The second-order valence-electron chi connectivity index (χ2n) is 4.23. The summed E-state index contributed by atoms with van der Waals surface area (Å²) in [5, 5.41) is 8.44. The largest absolute Gasteiger partial charge is 0.457 e. The number of carbonyl (C=O) groups excluding carboxylic acids is 1. The Balaban J connectivity index is 2.04. The molecular formula is C16H13NO3. The van der Waals surface area contributed by atoms with E-state index in [9.17, 15) is 4.79 Å². The molecule has 0 atom stereocenters. The Kier molecular flexibility index (Phi) is 4.35. The van der Waals surface area contributed by atoms with Crippen molar-refractivity contribution in [1.82, 2.24) is 0 Å². The van der Waals surface area contributed by atoms with Gasteiger partial charge in [0.15, 0.2) is 0 Å². The standard InChI is InChI=1S/C16H13NO3/c1-12-9-14(20-11-17)7-8-15(12)16(18)19-10-13-5-3-2-4-6-13/h2-9H,10H2,1H3. The Labute approximate surface area is 117 Å². The van der Waals surface area contributed by atoms with E-state index in [0.717, 1.165) is 5.56 Å². The van der Waals surface area contributed by atoms with Gasteiger partial charge in [0.25, 0.3) is 6.26 Å². The Morgan fingerprint density at radius 1 is 1.20 bits per heavy atom. The van der Waals surface area contributed by atoms with Crippen LogP contribution in [0.4, 0.5) is 0 Å². The molecule has 0 fully saturated rings. The molecule has 2 rings (SSSR count). The van der Waals surface area contributed by atoms with Crippen molar-refractivity contribution in [3.8, 4) is 12.0 Å². The minimum Gasteiger partial charge on any atom is -0.457 e. The van der Waals surface area contributed by atoms with Crippen molar-refractivity contribution in [3.05, 3.63) is 65.2 Å². The first-order valence-electron chi connectivity index (χ1n) is 6.08. The van der Waals surface area contributed by atoms with E-state index >= 15 is 0 Å². The highest BCUT2D eigenvalue weighted by atomic mass is 16.5. The van der Waals surface area contributed by atoms with Crippen LogP contribution in [0.1, 0.15) is 21.5 Å². The maximum atomic E-state index is 12.0. The molecule has 0 aliphatic heterocycles. The highest BCUT2D eigenvalue weighted by molar-refractivity contribution is 5.91. The van der Waals surface area contributed by atoms with Gasteiger partial charge in [-0.1, -0.05) is 30.3 Å². The number of nitriles is 1. The van der Waals surface area contributed by atoms with E-state index in [-0.39, 0.29) is 6.61 Å². The van der Waals surface area contributed by atoms with Crippen LogP contribution in [0.15, 0.2) is 48.5 Å². The minimum absolute atomic E-state index is 0.232. The molecule has 0 spiro atoms. The molecule has 0 saturated heterocycles. The quantitative estimate of drug-likeness (QED) is 0.630. The third kappa shape index (κ3) is 3.36. The SMILES string of the molecule is Cc1cc(OC#N)ccc1C(=O)OCc1ccccc1. The summed E-state index contributed by atoms with van der Waals surface area (Å²) in [7, 11) is 0. The van der Waals surface area contributed by atoms with Gasteiger partial charge in [-0.15, -0.1) is 5.26 Å². The van der Waals surface area contributed by atoms with Gasteiger partial charge in [0.2, 0.25) is 0 Å². The third-order valence-electron chi connectivity index (χ3n) is 2.79. The molecule has 0 aromatic heterocycles. The van der Waals surface area contributed by atoms with E-state index in [1.807, 2.05) is 30.3 Å². The van der Waals surface area contributed by atoms with Gasteiger partial charge in [-0.2, -0.15) is 0 Å². The van der Waals surface area contributed by atoms with Crippen LogP contribution in [0.5, 0.6) is 5.75 Å². The van der Waals surface area contributed by atoms with Crippen LogP contribution < -0.4 is 4.74 Å². The van der Waals surface area contributed by atoms with Crippen molar-refractivity contribution in [2.24, 2.45) is 0 Å². The number of aryl methyl sites for hydroxylation is 1. The third-order valence-corrected chi connectivity index (χ3v) is 2.79. The van der Waals surface area contributed by atoms with E-state index in [4.69, 9.17) is 14.7 Å². The fraction of sp³-hybridized carbons (Fsp3) is 0.125. The number of hydrogen-bond donors (Lipinski definition) is 0. The number of nitrogens with zero attached hydrogens (tertiary/aromatic N) is 1. The Hall–Kier alpha value is -2.80. The summed E-state index contributed by atoms with van der Waals surface area (Å²) in [6, 6.07) is 14.3. The molecule has 0 aliphatic rings. The summed E-state index contributed by atoms with van der Waals surface area (Å²) in [5.41, 5.74) is 2.10. The average molecular weight is 267 g/mol. The van der Waals surface area contributed by atoms with Crippen LogP contribution in [-0.2, 0) is 11.3 Å². The highest BCUT2D eigenvalue weighted by Gasteiger charge is 2.11. The first kappa shape index (κ1) is 13.6. The first-order valence-corrected chi connectivity index (χ1v) is 6.08. The molecule has 0 amide bonds. The number of carbonyl (C=O) groups is 1. The lowest BCUT2D eigenvalue weighted by molar-refractivity contribution is 0.0472. The molecule has 0 radical (unpaired) electrons. The van der Waals surface area contributed by atoms with Crippen LogP contribution in [0.2, 0.25) is 0 Å². The summed E-state index contributed by atoms with van der Waals surface area (Å²) in [5.74, 6) is 0.0134. The smallest absolute Gasteiger partial charge is 0.338 e. The Morgan fingerprint density at radius 2 is 1.95 bits per heavy atom. The molecule has 2 aromatic rings. The summed E-state index contributed by atoms with van der Waals surface area (Å²) < 4.78 is 9.95. The maximum Gasteiger partial charge on any atom is 0.338 e. The van der Waals surface area contributed by atoms with E-state index in [1.165, 1.54) is 0 Å². The molecule has 100 valence electrons. The predicted octanol–water partition coefficient (Wildman–Crippen LogP) is 3.21. The van der Waals surface area contributed by atoms with Crippen LogP contribution in [-0.4, -0.2) is 5.97 Å². The molecule has 0 N–H and O–H groups in total.